The molecule has 196 valence electrons. The molecule has 0 bridgehead atoms. The van der Waals surface area contributed by atoms with Crippen LogP contribution < -0.4 is 10.9 Å². The van der Waals surface area contributed by atoms with Crippen molar-refractivity contribution in [3.05, 3.63) is 82.9 Å². The fourth-order valence-corrected chi connectivity index (χ4v) is 3.54. The van der Waals surface area contributed by atoms with Crippen molar-refractivity contribution in [2.24, 2.45) is 0 Å². The third-order valence-corrected chi connectivity index (χ3v) is 5.14. The van der Waals surface area contributed by atoms with Gasteiger partial charge in [0, 0.05) is 12.3 Å². The number of pyridine rings is 1. The number of hydrogen-bond acceptors (Lipinski definition) is 7. The number of nitrogens with zero attached hydrogens (tertiary/aromatic N) is 5. The van der Waals surface area contributed by atoms with E-state index in [1.54, 1.807) is 31.3 Å². The number of imidazole rings is 1. The first-order valence-corrected chi connectivity index (χ1v) is 10.6. The first kappa shape index (κ1) is 26.1. The Bertz CT molecular complexity index is 1680. The van der Waals surface area contributed by atoms with Crippen molar-refractivity contribution >= 4 is 28.6 Å². The summed E-state index contributed by atoms with van der Waals surface area (Å²) in [4.78, 5) is 42.2. The highest BCUT2D eigenvalue weighted by atomic mass is 19.4. The number of benzene rings is 1. The van der Waals surface area contributed by atoms with Gasteiger partial charge in [-0.25, -0.2) is 33.5 Å². The fourth-order valence-electron chi connectivity index (χ4n) is 3.54. The van der Waals surface area contributed by atoms with E-state index in [-0.39, 0.29) is 11.1 Å². The molecule has 1 atom stereocenters. The van der Waals surface area contributed by atoms with Gasteiger partial charge in [-0.3, -0.25) is 9.20 Å². The van der Waals surface area contributed by atoms with Crippen molar-refractivity contribution < 1.29 is 31.9 Å². The topological polar surface area (TPSA) is 138 Å². The number of alkyl halides is 3. The summed E-state index contributed by atoms with van der Waals surface area (Å²) in [6.07, 6.45) is -0.662. The van der Waals surface area contributed by atoms with Crippen LogP contribution >= 0.6 is 0 Å². The standard InChI is InChI=1S/C21H15F2N7O.C2HF3O2/c1-11(28-20-18-19(25-9-24-18)26-10-27-20)17-16(12-6-13(22)8-14(23)7-12)21(31)30-5-3-2-4-15(30)29-17;3-2(4,5)1(6)7/h2-11H,1H3,(H2,24,25,26,27,28);(H,6,7). The number of halogens is 5. The molecule has 38 heavy (non-hydrogen) atoms. The predicted octanol–water partition coefficient (Wildman–Crippen LogP) is 4.11. The van der Waals surface area contributed by atoms with Gasteiger partial charge in [0.2, 0.25) is 0 Å². The van der Waals surface area contributed by atoms with Crippen LogP contribution in [0.25, 0.3) is 27.9 Å². The van der Waals surface area contributed by atoms with Crippen LogP contribution in [0.5, 0.6) is 0 Å². The normalized spacial score (nSPS) is 12.2. The number of rotatable bonds is 4. The number of aromatic nitrogens is 6. The lowest BCUT2D eigenvalue weighted by molar-refractivity contribution is -0.192. The maximum atomic E-state index is 14.0. The van der Waals surface area contributed by atoms with Gasteiger partial charge in [0.25, 0.3) is 5.56 Å². The summed E-state index contributed by atoms with van der Waals surface area (Å²) in [6.45, 7) is 1.78. The number of nitrogens with one attached hydrogen (secondary N) is 2. The van der Waals surface area contributed by atoms with E-state index in [0.29, 0.717) is 28.3 Å². The predicted molar refractivity (Wildman–Crippen MR) is 124 cm³/mol. The molecule has 0 saturated carbocycles. The maximum Gasteiger partial charge on any atom is 0.490 e. The third-order valence-electron chi connectivity index (χ3n) is 5.14. The van der Waals surface area contributed by atoms with Crippen LogP contribution in [0.15, 0.2) is 60.0 Å². The van der Waals surface area contributed by atoms with Crippen molar-refractivity contribution in [1.82, 2.24) is 29.3 Å². The van der Waals surface area contributed by atoms with Gasteiger partial charge in [0.1, 0.15) is 29.1 Å². The summed E-state index contributed by atoms with van der Waals surface area (Å²) >= 11 is 0. The van der Waals surface area contributed by atoms with Crippen LogP contribution in [0, 0.1) is 11.6 Å². The molecule has 0 amide bonds. The minimum Gasteiger partial charge on any atom is -0.475 e. The lowest BCUT2D eigenvalue weighted by Gasteiger charge is -2.18. The summed E-state index contributed by atoms with van der Waals surface area (Å²) in [5.41, 5.74) is 1.56. The number of carboxylic acids is 1. The molecule has 0 aliphatic rings. The molecule has 15 heteroatoms. The number of carboxylic acid groups (broad SMARTS) is 1. The molecule has 0 aliphatic heterocycles. The monoisotopic (exact) mass is 533 g/mol. The molecule has 10 nitrogen and oxygen atoms in total. The van der Waals surface area contributed by atoms with Crippen molar-refractivity contribution in [3.8, 4) is 11.1 Å². The number of aliphatic carboxylic acids is 1. The Morgan fingerprint density at radius 2 is 1.79 bits per heavy atom. The molecule has 5 aromatic rings. The third kappa shape index (κ3) is 5.40. The van der Waals surface area contributed by atoms with E-state index >= 15 is 0 Å². The summed E-state index contributed by atoms with van der Waals surface area (Å²) in [6, 6.07) is 7.57. The molecule has 1 aromatic carbocycles. The average molecular weight is 533 g/mol. The molecule has 5 rings (SSSR count). The van der Waals surface area contributed by atoms with Gasteiger partial charge < -0.3 is 15.4 Å². The smallest absolute Gasteiger partial charge is 0.475 e. The van der Waals surface area contributed by atoms with Gasteiger partial charge in [0.05, 0.1) is 23.6 Å². The van der Waals surface area contributed by atoms with E-state index in [4.69, 9.17) is 9.90 Å². The van der Waals surface area contributed by atoms with Gasteiger partial charge in [-0.1, -0.05) is 6.07 Å². The molecule has 0 spiro atoms. The van der Waals surface area contributed by atoms with E-state index in [0.717, 1.165) is 18.2 Å². The van der Waals surface area contributed by atoms with Crippen molar-refractivity contribution in [2.45, 2.75) is 19.1 Å². The van der Waals surface area contributed by atoms with Gasteiger partial charge in [-0.05, 0) is 36.8 Å². The van der Waals surface area contributed by atoms with Gasteiger partial charge >= 0.3 is 12.1 Å². The Hall–Kier alpha value is -4.95. The highest BCUT2D eigenvalue weighted by Crippen LogP contribution is 2.29. The summed E-state index contributed by atoms with van der Waals surface area (Å²) in [7, 11) is 0. The number of fused-ring (bicyclic) bond motifs is 2. The number of aromatic amines is 1. The van der Waals surface area contributed by atoms with Gasteiger partial charge in [-0.2, -0.15) is 13.2 Å². The first-order chi connectivity index (χ1) is 18.0. The molecule has 0 aliphatic carbocycles. The van der Waals surface area contributed by atoms with E-state index < -0.39 is 35.4 Å². The molecule has 4 heterocycles. The van der Waals surface area contributed by atoms with Crippen LogP contribution in [0.1, 0.15) is 18.7 Å². The second-order valence-corrected chi connectivity index (χ2v) is 7.76. The van der Waals surface area contributed by atoms with Crippen molar-refractivity contribution in [3.63, 3.8) is 0 Å². The number of hydrogen-bond donors (Lipinski definition) is 3. The lowest BCUT2D eigenvalue weighted by atomic mass is 10.0. The number of anilines is 1. The molecular weight excluding hydrogens is 517 g/mol. The van der Waals surface area contributed by atoms with Crippen LogP contribution in [0.3, 0.4) is 0 Å². The van der Waals surface area contributed by atoms with Crippen LogP contribution in [-0.2, 0) is 4.79 Å². The quantitative estimate of drug-likeness (QED) is 0.294. The fraction of sp³-hybridized carbons (Fsp3) is 0.130. The number of H-pyrrole nitrogens is 1. The Morgan fingerprint density at radius 3 is 2.45 bits per heavy atom. The highest BCUT2D eigenvalue weighted by molar-refractivity contribution is 5.82. The zero-order valence-corrected chi connectivity index (χ0v) is 19.2. The Kier molecular flexibility index (Phi) is 7.01. The second-order valence-electron chi connectivity index (χ2n) is 7.76. The Balaban J connectivity index is 0.000000426. The van der Waals surface area contributed by atoms with Crippen molar-refractivity contribution in [1.29, 1.82) is 0 Å². The number of carbonyl (C=O) groups is 1. The molecule has 0 saturated heterocycles. The minimum atomic E-state index is -5.08. The van der Waals surface area contributed by atoms with E-state index in [1.807, 2.05) is 0 Å². The molecule has 0 radical (unpaired) electrons. The largest absolute Gasteiger partial charge is 0.490 e. The van der Waals surface area contributed by atoms with E-state index in [1.165, 1.54) is 17.1 Å². The van der Waals surface area contributed by atoms with Crippen LogP contribution in [-0.4, -0.2) is 46.6 Å². The molecule has 1 unspecified atom stereocenters. The molecule has 0 fully saturated rings. The zero-order valence-electron chi connectivity index (χ0n) is 19.2. The highest BCUT2D eigenvalue weighted by Gasteiger charge is 2.38. The SMILES string of the molecule is CC(Nc1ncnc2nc[nH]c12)c1nc2ccccn2c(=O)c1-c1cc(F)cc(F)c1.O=C(O)C(F)(F)F. The molecule has 4 aromatic heterocycles. The van der Waals surface area contributed by atoms with Gasteiger partial charge in [0.15, 0.2) is 11.5 Å². The zero-order chi connectivity index (χ0) is 27.6. The minimum absolute atomic E-state index is 0.0945. The summed E-state index contributed by atoms with van der Waals surface area (Å²) < 4.78 is 61.0. The Labute approximate surface area is 208 Å². The van der Waals surface area contributed by atoms with E-state index in [9.17, 15) is 26.7 Å². The molecule has 3 N–H and O–H groups in total. The van der Waals surface area contributed by atoms with E-state index in [2.05, 4.69) is 30.2 Å². The van der Waals surface area contributed by atoms with Gasteiger partial charge in [-0.15, -0.1) is 0 Å². The Morgan fingerprint density at radius 1 is 1.11 bits per heavy atom. The average Bonchev–Trinajstić information content (AvgIpc) is 3.33. The summed E-state index contributed by atoms with van der Waals surface area (Å²) in [5.74, 6) is -3.86. The molecular formula is C23H16F5N7O3. The second kappa shape index (κ2) is 10.2. The lowest BCUT2D eigenvalue weighted by Crippen LogP contribution is -2.23. The first-order valence-electron chi connectivity index (χ1n) is 10.6. The maximum absolute atomic E-state index is 14.0. The van der Waals surface area contributed by atoms with Crippen molar-refractivity contribution in [2.75, 3.05) is 5.32 Å². The summed E-state index contributed by atoms with van der Waals surface area (Å²) in [5, 5.41) is 10.3. The van der Waals surface area contributed by atoms with Crippen LogP contribution in [0.2, 0.25) is 0 Å². The van der Waals surface area contributed by atoms with Crippen LogP contribution in [0.4, 0.5) is 27.8 Å².